The number of primary amides is 1. The number of carboxylic acids is 1. The molecule has 3 atom stereocenters. The lowest BCUT2D eigenvalue weighted by Gasteiger charge is -2.23. The first kappa shape index (κ1) is 36.3. The van der Waals surface area contributed by atoms with E-state index in [4.69, 9.17) is 29.4 Å². The number of phosphoric acid groups is 1. The summed E-state index contributed by atoms with van der Waals surface area (Å²) in [6.07, 6.45) is 5.61. The summed E-state index contributed by atoms with van der Waals surface area (Å²) in [6, 6.07) is 7.34. The lowest BCUT2D eigenvalue weighted by atomic mass is 9.90. The summed E-state index contributed by atoms with van der Waals surface area (Å²) in [5, 5.41) is 14.4. The second-order valence-electron chi connectivity index (χ2n) is 11.1. The quantitative estimate of drug-likeness (QED) is 0.154. The molecule has 3 rings (SSSR count). The number of nitrogens with one attached hydrogen (secondary N) is 2. The van der Waals surface area contributed by atoms with Crippen molar-refractivity contribution in [3.05, 3.63) is 53.1 Å². The van der Waals surface area contributed by atoms with E-state index >= 15 is 0 Å². The van der Waals surface area contributed by atoms with Crippen LogP contribution in [0.1, 0.15) is 80.4 Å². The monoisotopic (exact) mass is 663 g/mol. The molecule has 0 bridgehead atoms. The largest absolute Gasteiger partial charge is 0.527 e. The standard InChI is InChI=1S/C31H42N3O11P/c1-4-44-46(40,41)45-28-15-22(10-12-27(28)43-18-29(36)37)14-25(34-20(3)35)31(39)33-19(2)23-11-13-26(24(16-23)30(32)38)42-17-21-8-6-5-7-9-21/h10-13,15-16,19,21,25H,4-9,14,17-18H2,1-3H3,(H2,32,38)(H,33,39)(H,34,35)(H,36,37)(H,40,41)/t19-,25-/m0/s1. The fourth-order valence-corrected chi connectivity index (χ4v) is 5.88. The summed E-state index contributed by atoms with van der Waals surface area (Å²) < 4.78 is 33.3. The number of hydrogen-bond donors (Lipinski definition) is 5. The van der Waals surface area contributed by atoms with Crippen LogP contribution >= 0.6 is 7.82 Å². The molecule has 6 N–H and O–H groups in total. The predicted molar refractivity (Wildman–Crippen MR) is 167 cm³/mol. The molecule has 46 heavy (non-hydrogen) atoms. The van der Waals surface area contributed by atoms with Gasteiger partial charge in [0.1, 0.15) is 11.8 Å². The Kier molecular flexibility index (Phi) is 13.4. The van der Waals surface area contributed by atoms with Gasteiger partial charge in [-0.15, -0.1) is 0 Å². The first-order valence-electron chi connectivity index (χ1n) is 15.1. The Hall–Kier alpha value is -4.13. The fraction of sp³-hybridized carbons (Fsp3) is 0.484. The van der Waals surface area contributed by atoms with Crippen molar-refractivity contribution >= 4 is 31.5 Å². The SMILES string of the molecule is CCOP(=O)(O)Oc1cc(C[C@H](NC(C)=O)C(=O)N[C@@H](C)c2ccc(OCC3CCCCC3)c(C(N)=O)c2)ccc1OCC(=O)O. The van der Waals surface area contributed by atoms with Crippen LogP contribution in [0.5, 0.6) is 17.2 Å². The number of ether oxygens (including phenoxy) is 2. The van der Waals surface area contributed by atoms with Crippen LogP contribution in [-0.4, -0.2) is 59.6 Å². The zero-order valence-corrected chi connectivity index (χ0v) is 27.0. The van der Waals surface area contributed by atoms with Crippen molar-refractivity contribution in [2.24, 2.45) is 11.7 Å². The first-order valence-corrected chi connectivity index (χ1v) is 16.6. The van der Waals surface area contributed by atoms with Gasteiger partial charge < -0.3 is 35.5 Å². The van der Waals surface area contributed by atoms with Gasteiger partial charge in [-0.25, -0.2) is 9.36 Å². The molecule has 1 unspecified atom stereocenters. The molecule has 0 radical (unpaired) electrons. The van der Waals surface area contributed by atoms with Crippen LogP contribution in [0.4, 0.5) is 0 Å². The van der Waals surface area contributed by atoms with Crippen molar-refractivity contribution in [2.75, 3.05) is 19.8 Å². The third-order valence-corrected chi connectivity index (χ3v) is 8.34. The molecule has 2 aromatic carbocycles. The number of nitrogens with two attached hydrogens (primary N) is 1. The molecule has 14 nitrogen and oxygen atoms in total. The number of aliphatic carboxylic acids is 1. The lowest BCUT2D eigenvalue weighted by molar-refractivity contribution is -0.139. The Morgan fingerprint density at radius 2 is 1.70 bits per heavy atom. The molecule has 0 saturated heterocycles. The molecular formula is C31H42N3O11P. The average Bonchev–Trinajstić information content (AvgIpc) is 2.99. The van der Waals surface area contributed by atoms with E-state index in [0.29, 0.717) is 29.4 Å². The second kappa shape index (κ2) is 17.0. The van der Waals surface area contributed by atoms with E-state index in [1.165, 1.54) is 38.5 Å². The maximum atomic E-state index is 13.4. The molecular weight excluding hydrogens is 621 g/mol. The maximum Gasteiger partial charge on any atom is 0.527 e. The lowest BCUT2D eigenvalue weighted by Crippen LogP contribution is -2.48. The number of carbonyl (C=O) groups excluding carboxylic acids is 3. The molecule has 0 aromatic heterocycles. The highest BCUT2D eigenvalue weighted by Crippen LogP contribution is 2.47. The second-order valence-corrected chi connectivity index (χ2v) is 12.4. The van der Waals surface area contributed by atoms with Crippen LogP contribution in [0, 0.1) is 5.92 Å². The van der Waals surface area contributed by atoms with Crippen LogP contribution < -0.4 is 30.4 Å². The Labute approximate surface area is 267 Å². The van der Waals surface area contributed by atoms with Crippen molar-refractivity contribution in [3.8, 4) is 17.2 Å². The summed E-state index contributed by atoms with van der Waals surface area (Å²) in [5.41, 5.74) is 6.81. The Morgan fingerprint density at radius 1 is 1.00 bits per heavy atom. The molecule has 1 saturated carbocycles. The van der Waals surface area contributed by atoms with Gasteiger partial charge in [0.2, 0.25) is 11.8 Å². The first-order chi connectivity index (χ1) is 21.8. The summed E-state index contributed by atoms with van der Waals surface area (Å²) in [5.74, 6) is -2.64. The summed E-state index contributed by atoms with van der Waals surface area (Å²) in [6.45, 7) is 4.04. The minimum atomic E-state index is -4.58. The minimum absolute atomic E-state index is 0.0848. The Balaban J connectivity index is 1.78. The van der Waals surface area contributed by atoms with Crippen molar-refractivity contribution in [1.82, 2.24) is 10.6 Å². The van der Waals surface area contributed by atoms with Gasteiger partial charge in [-0.1, -0.05) is 31.4 Å². The van der Waals surface area contributed by atoms with Gasteiger partial charge in [-0.05, 0) is 68.0 Å². The number of rotatable bonds is 17. The van der Waals surface area contributed by atoms with E-state index in [9.17, 15) is 28.6 Å². The Morgan fingerprint density at radius 3 is 2.33 bits per heavy atom. The molecule has 0 heterocycles. The Bertz CT molecular complexity index is 1440. The van der Waals surface area contributed by atoms with Crippen molar-refractivity contribution in [3.63, 3.8) is 0 Å². The van der Waals surface area contributed by atoms with E-state index in [1.807, 2.05) is 0 Å². The molecule has 2 aromatic rings. The number of amides is 3. The smallest absolute Gasteiger partial charge is 0.492 e. The van der Waals surface area contributed by atoms with Gasteiger partial charge in [-0.3, -0.25) is 23.8 Å². The molecule has 1 fully saturated rings. The number of carbonyl (C=O) groups is 4. The topological polar surface area (TPSA) is 213 Å². The average molecular weight is 664 g/mol. The van der Waals surface area contributed by atoms with Gasteiger partial charge >= 0.3 is 13.8 Å². The summed E-state index contributed by atoms with van der Waals surface area (Å²) in [4.78, 5) is 58.7. The van der Waals surface area contributed by atoms with Crippen molar-refractivity contribution in [2.45, 2.75) is 71.4 Å². The molecule has 1 aliphatic rings. The fourth-order valence-electron chi connectivity index (χ4n) is 5.11. The summed E-state index contributed by atoms with van der Waals surface area (Å²) in [7, 11) is -4.58. The van der Waals surface area contributed by atoms with E-state index in [0.717, 1.165) is 25.7 Å². The number of benzene rings is 2. The molecule has 0 aliphatic heterocycles. The number of carboxylic acid groups (broad SMARTS) is 1. The van der Waals surface area contributed by atoms with Gasteiger partial charge in [0.05, 0.1) is 24.8 Å². The van der Waals surface area contributed by atoms with Gasteiger partial charge in [0.25, 0.3) is 5.91 Å². The molecule has 3 amide bonds. The van der Waals surface area contributed by atoms with Gasteiger partial charge in [0.15, 0.2) is 18.1 Å². The van der Waals surface area contributed by atoms with E-state index in [2.05, 4.69) is 10.6 Å². The van der Waals surface area contributed by atoms with Gasteiger partial charge in [-0.2, -0.15) is 0 Å². The highest BCUT2D eigenvalue weighted by Gasteiger charge is 2.27. The predicted octanol–water partition coefficient (Wildman–Crippen LogP) is 3.65. The number of hydrogen-bond acceptors (Lipinski definition) is 9. The minimum Gasteiger partial charge on any atom is -0.492 e. The normalized spacial score (nSPS) is 15.9. The molecule has 1 aliphatic carbocycles. The van der Waals surface area contributed by atoms with Crippen LogP contribution in [0.15, 0.2) is 36.4 Å². The van der Waals surface area contributed by atoms with E-state index in [-0.39, 0.29) is 30.1 Å². The van der Waals surface area contributed by atoms with Crippen molar-refractivity contribution in [1.29, 1.82) is 0 Å². The van der Waals surface area contributed by atoms with E-state index < -0.39 is 50.2 Å². The molecule has 0 spiro atoms. The van der Waals surface area contributed by atoms with Crippen LogP contribution in [-0.2, 0) is 29.9 Å². The number of phosphoric ester groups is 1. The van der Waals surface area contributed by atoms with Gasteiger partial charge in [0, 0.05) is 13.3 Å². The summed E-state index contributed by atoms with van der Waals surface area (Å²) >= 11 is 0. The van der Waals surface area contributed by atoms with Crippen LogP contribution in [0.25, 0.3) is 0 Å². The van der Waals surface area contributed by atoms with Crippen molar-refractivity contribution < 1.29 is 52.3 Å². The third kappa shape index (κ3) is 11.3. The zero-order valence-electron chi connectivity index (χ0n) is 26.2. The van der Waals surface area contributed by atoms with Crippen LogP contribution in [0.3, 0.4) is 0 Å². The molecule has 252 valence electrons. The maximum absolute atomic E-state index is 13.4. The zero-order chi connectivity index (χ0) is 33.9. The highest BCUT2D eigenvalue weighted by molar-refractivity contribution is 7.47. The van der Waals surface area contributed by atoms with E-state index in [1.54, 1.807) is 25.1 Å². The third-order valence-electron chi connectivity index (χ3n) is 7.33. The van der Waals surface area contributed by atoms with Crippen LogP contribution in [0.2, 0.25) is 0 Å². The highest BCUT2D eigenvalue weighted by atomic mass is 31.2. The molecule has 15 heteroatoms.